The van der Waals surface area contributed by atoms with Gasteiger partial charge in [0.15, 0.2) is 0 Å². The van der Waals surface area contributed by atoms with Crippen molar-refractivity contribution in [3.05, 3.63) is 41.5 Å². The molecule has 0 fully saturated rings. The monoisotopic (exact) mass is 233 g/mol. The number of hydrogen-bond acceptors (Lipinski definition) is 3. The molecule has 0 bridgehead atoms. The van der Waals surface area contributed by atoms with E-state index < -0.39 is 0 Å². The molecule has 17 heavy (non-hydrogen) atoms. The summed E-state index contributed by atoms with van der Waals surface area (Å²) in [4.78, 5) is 0. The minimum Gasteiger partial charge on any atom is -0.361 e. The molecule has 92 valence electrons. The first-order valence-electron chi connectivity index (χ1n) is 6.01. The number of aromatic nitrogens is 2. The Bertz CT molecular complexity index is 472. The third-order valence-electron chi connectivity index (χ3n) is 2.83. The van der Waals surface area contributed by atoms with Gasteiger partial charge in [-0.1, -0.05) is 12.1 Å². The molecule has 2 rings (SSSR count). The van der Waals surface area contributed by atoms with Crippen molar-refractivity contribution in [1.82, 2.24) is 15.0 Å². The highest BCUT2D eigenvalue weighted by atomic mass is 16.5. The van der Waals surface area contributed by atoms with E-state index in [0.29, 0.717) is 6.04 Å². The lowest BCUT2D eigenvalue weighted by Gasteiger charge is -2.15. The van der Waals surface area contributed by atoms with Crippen LogP contribution in [0.1, 0.15) is 37.0 Å². The maximum Gasteiger partial charge on any atom is 0.133 e. The number of nitrogens with one attached hydrogen (secondary N) is 1. The topological polar surface area (TPSA) is 43.0 Å². The summed E-state index contributed by atoms with van der Waals surface area (Å²) in [5, 5.41) is 7.44. The summed E-state index contributed by atoms with van der Waals surface area (Å²) in [6.07, 6.45) is 2.08. The molecule has 2 heterocycles. The van der Waals surface area contributed by atoms with E-state index in [9.17, 15) is 0 Å². The third-order valence-corrected chi connectivity index (χ3v) is 2.83. The Balaban J connectivity index is 2.13. The van der Waals surface area contributed by atoms with Gasteiger partial charge in [0.25, 0.3) is 0 Å². The lowest BCUT2D eigenvalue weighted by molar-refractivity contribution is 0.388. The molecule has 0 aliphatic heterocycles. The molecule has 0 radical (unpaired) electrons. The van der Waals surface area contributed by atoms with E-state index in [4.69, 9.17) is 4.52 Å². The van der Waals surface area contributed by atoms with E-state index in [2.05, 4.69) is 47.2 Å². The first kappa shape index (κ1) is 11.9. The van der Waals surface area contributed by atoms with Gasteiger partial charge >= 0.3 is 0 Å². The predicted molar refractivity (Wildman–Crippen MR) is 66.9 cm³/mol. The van der Waals surface area contributed by atoms with Crippen LogP contribution < -0.4 is 5.32 Å². The van der Waals surface area contributed by atoms with E-state index in [1.54, 1.807) is 0 Å². The largest absolute Gasteiger partial charge is 0.361 e. The first-order valence-corrected chi connectivity index (χ1v) is 6.01. The average Bonchev–Trinajstić information content (AvgIpc) is 2.89. The van der Waals surface area contributed by atoms with E-state index in [1.807, 2.05) is 13.0 Å². The van der Waals surface area contributed by atoms with Crippen LogP contribution in [0, 0.1) is 6.92 Å². The van der Waals surface area contributed by atoms with Gasteiger partial charge in [0, 0.05) is 24.0 Å². The Morgan fingerprint density at radius 1 is 1.53 bits per heavy atom. The summed E-state index contributed by atoms with van der Waals surface area (Å²) >= 11 is 0. The Morgan fingerprint density at radius 3 is 3.00 bits per heavy atom. The van der Waals surface area contributed by atoms with Crippen molar-refractivity contribution in [3.8, 4) is 0 Å². The van der Waals surface area contributed by atoms with Gasteiger partial charge in [-0.25, -0.2) is 0 Å². The summed E-state index contributed by atoms with van der Waals surface area (Å²) in [7, 11) is 0. The molecule has 4 heteroatoms. The van der Waals surface area contributed by atoms with E-state index in [1.165, 1.54) is 5.69 Å². The molecule has 1 atom stereocenters. The van der Waals surface area contributed by atoms with Crippen LogP contribution in [0.3, 0.4) is 0 Å². The van der Waals surface area contributed by atoms with Gasteiger partial charge in [-0.3, -0.25) is 0 Å². The van der Waals surface area contributed by atoms with E-state index in [-0.39, 0.29) is 0 Å². The van der Waals surface area contributed by atoms with Crippen LogP contribution in [-0.2, 0) is 6.54 Å². The first-order chi connectivity index (χ1) is 8.20. The van der Waals surface area contributed by atoms with Crippen LogP contribution >= 0.6 is 0 Å². The molecular formula is C13H19N3O. The van der Waals surface area contributed by atoms with Gasteiger partial charge < -0.3 is 14.4 Å². The van der Waals surface area contributed by atoms with Crippen LogP contribution in [0.2, 0.25) is 0 Å². The summed E-state index contributed by atoms with van der Waals surface area (Å²) < 4.78 is 7.28. The normalized spacial score (nSPS) is 12.9. The number of aryl methyl sites for hydroxylation is 1. The summed E-state index contributed by atoms with van der Waals surface area (Å²) in [5.41, 5.74) is 2.23. The maximum atomic E-state index is 5.08. The lowest BCUT2D eigenvalue weighted by atomic mass is 10.2. The summed E-state index contributed by atoms with van der Waals surface area (Å²) in [6, 6.07) is 6.53. The van der Waals surface area contributed by atoms with Crippen LogP contribution in [0.25, 0.3) is 0 Å². The van der Waals surface area contributed by atoms with Crippen molar-refractivity contribution in [2.24, 2.45) is 0 Å². The molecule has 4 nitrogen and oxygen atoms in total. The van der Waals surface area contributed by atoms with Crippen LogP contribution in [0.5, 0.6) is 0 Å². The zero-order valence-corrected chi connectivity index (χ0v) is 10.6. The molecule has 0 amide bonds. The molecule has 0 saturated heterocycles. The van der Waals surface area contributed by atoms with E-state index in [0.717, 1.165) is 24.5 Å². The van der Waals surface area contributed by atoms with Gasteiger partial charge in [0.05, 0.1) is 6.54 Å². The Kier molecular flexibility index (Phi) is 3.64. The second kappa shape index (κ2) is 5.19. The highest BCUT2D eigenvalue weighted by Gasteiger charge is 2.10. The van der Waals surface area contributed by atoms with Crippen molar-refractivity contribution in [2.75, 3.05) is 6.54 Å². The zero-order chi connectivity index (χ0) is 12.3. The quantitative estimate of drug-likeness (QED) is 0.862. The van der Waals surface area contributed by atoms with Gasteiger partial charge in [0.2, 0.25) is 0 Å². The molecular weight excluding hydrogens is 214 g/mol. The van der Waals surface area contributed by atoms with Gasteiger partial charge in [-0.05, 0) is 32.5 Å². The Morgan fingerprint density at radius 2 is 2.35 bits per heavy atom. The van der Waals surface area contributed by atoms with Crippen molar-refractivity contribution in [1.29, 1.82) is 0 Å². The molecule has 1 unspecified atom stereocenters. The molecule has 0 aliphatic carbocycles. The number of nitrogens with zero attached hydrogens (tertiary/aromatic N) is 2. The molecule has 0 aliphatic rings. The second-order valence-electron chi connectivity index (χ2n) is 4.27. The van der Waals surface area contributed by atoms with Crippen LogP contribution in [0.15, 0.2) is 28.9 Å². The van der Waals surface area contributed by atoms with Gasteiger partial charge in [-0.2, -0.15) is 0 Å². The second-order valence-corrected chi connectivity index (χ2v) is 4.27. The number of hydrogen-bond donors (Lipinski definition) is 1. The zero-order valence-electron chi connectivity index (χ0n) is 10.6. The van der Waals surface area contributed by atoms with Crippen LogP contribution in [0.4, 0.5) is 0 Å². The Hall–Kier alpha value is -1.55. The third kappa shape index (κ3) is 2.77. The van der Waals surface area contributed by atoms with Gasteiger partial charge in [-0.15, -0.1) is 0 Å². The molecule has 0 aromatic carbocycles. The fraction of sp³-hybridized carbons (Fsp3) is 0.462. The highest BCUT2D eigenvalue weighted by molar-refractivity contribution is 5.14. The van der Waals surface area contributed by atoms with Crippen molar-refractivity contribution < 1.29 is 4.52 Å². The smallest absolute Gasteiger partial charge is 0.133 e. The minimum absolute atomic E-state index is 0.350. The van der Waals surface area contributed by atoms with Crippen molar-refractivity contribution >= 4 is 0 Å². The fourth-order valence-corrected chi connectivity index (χ4v) is 2.04. The minimum atomic E-state index is 0.350. The maximum absolute atomic E-state index is 5.08. The average molecular weight is 233 g/mol. The standard InChI is InChI=1S/C13H19N3O/c1-4-14-11(3)13-6-5-7-16(13)9-12-8-10(2)17-15-12/h5-8,11,14H,4,9H2,1-3H3. The highest BCUT2D eigenvalue weighted by Crippen LogP contribution is 2.15. The van der Waals surface area contributed by atoms with Gasteiger partial charge in [0.1, 0.15) is 11.5 Å². The molecule has 1 N–H and O–H groups in total. The summed E-state index contributed by atoms with van der Waals surface area (Å²) in [6.45, 7) is 7.92. The molecule has 0 saturated carbocycles. The SMILES string of the molecule is CCNC(C)c1cccn1Cc1cc(C)on1. The van der Waals surface area contributed by atoms with Crippen LogP contribution in [-0.4, -0.2) is 16.3 Å². The summed E-state index contributed by atoms with van der Waals surface area (Å²) in [5.74, 6) is 0.855. The van der Waals surface area contributed by atoms with Crippen molar-refractivity contribution in [3.63, 3.8) is 0 Å². The molecule has 2 aromatic rings. The molecule has 0 spiro atoms. The lowest BCUT2D eigenvalue weighted by Crippen LogP contribution is -2.20. The fourth-order valence-electron chi connectivity index (χ4n) is 2.04. The predicted octanol–water partition coefficient (Wildman–Crippen LogP) is 2.50. The van der Waals surface area contributed by atoms with E-state index >= 15 is 0 Å². The molecule has 2 aromatic heterocycles. The number of rotatable bonds is 5. The van der Waals surface area contributed by atoms with Crippen molar-refractivity contribution in [2.45, 2.75) is 33.4 Å². The Labute approximate surface area is 102 Å².